The van der Waals surface area contributed by atoms with Crippen LogP contribution in [0.2, 0.25) is 0 Å². The van der Waals surface area contributed by atoms with Gasteiger partial charge in [0, 0.05) is 24.0 Å². The highest BCUT2D eigenvalue weighted by molar-refractivity contribution is 5.55. The van der Waals surface area contributed by atoms with Gasteiger partial charge in [0.05, 0.1) is 23.8 Å². The van der Waals surface area contributed by atoms with Gasteiger partial charge in [-0.15, -0.1) is 0 Å². The van der Waals surface area contributed by atoms with Crippen molar-refractivity contribution in [2.75, 3.05) is 13.1 Å². The summed E-state index contributed by atoms with van der Waals surface area (Å²) < 4.78 is 1.94. The van der Waals surface area contributed by atoms with E-state index in [0.29, 0.717) is 6.04 Å². The molecule has 0 aromatic carbocycles. The molecule has 0 spiro atoms. The van der Waals surface area contributed by atoms with Crippen LogP contribution in [-0.4, -0.2) is 32.8 Å². The first-order valence-electron chi connectivity index (χ1n) is 7.78. The second-order valence-electron chi connectivity index (χ2n) is 6.09. The molecule has 1 saturated heterocycles. The Morgan fingerprint density at radius 3 is 2.62 bits per heavy atom. The Morgan fingerprint density at radius 1 is 1.19 bits per heavy atom. The fourth-order valence-electron chi connectivity index (χ4n) is 2.74. The summed E-state index contributed by atoms with van der Waals surface area (Å²) in [5.41, 5.74) is 3.03. The van der Waals surface area contributed by atoms with Gasteiger partial charge in [-0.3, -0.25) is 14.6 Å². The minimum Gasteiger partial charge on any atom is -0.317 e. The summed E-state index contributed by atoms with van der Waals surface area (Å²) >= 11 is 0. The molecule has 3 rings (SSSR count). The predicted molar refractivity (Wildman–Crippen MR) is 82.9 cm³/mol. The predicted octanol–water partition coefficient (Wildman–Crippen LogP) is 2.46. The van der Waals surface area contributed by atoms with E-state index in [9.17, 15) is 0 Å². The molecule has 5 nitrogen and oxygen atoms in total. The van der Waals surface area contributed by atoms with Crippen molar-refractivity contribution in [2.24, 2.45) is 5.92 Å². The highest BCUT2D eigenvalue weighted by Crippen LogP contribution is 2.19. The van der Waals surface area contributed by atoms with Crippen LogP contribution in [0.15, 0.2) is 24.8 Å². The molecule has 21 heavy (non-hydrogen) atoms. The molecule has 5 heteroatoms. The van der Waals surface area contributed by atoms with Crippen LogP contribution in [0, 0.1) is 5.92 Å². The lowest BCUT2D eigenvalue weighted by atomic mass is 9.93. The summed E-state index contributed by atoms with van der Waals surface area (Å²) in [4.78, 5) is 9.14. The molecule has 0 amide bonds. The normalized spacial score (nSPS) is 16.5. The maximum absolute atomic E-state index is 4.58. The van der Waals surface area contributed by atoms with E-state index in [4.69, 9.17) is 0 Å². The van der Waals surface area contributed by atoms with Gasteiger partial charge in [0.25, 0.3) is 0 Å². The molecule has 2 aromatic rings. The minimum absolute atomic E-state index is 0.367. The van der Waals surface area contributed by atoms with Crippen LogP contribution >= 0.6 is 0 Å². The van der Waals surface area contributed by atoms with Gasteiger partial charge in [0.2, 0.25) is 0 Å². The molecule has 0 unspecified atom stereocenters. The first-order chi connectivity index (χ1) is 10.2. The summed E-state index contributed by atoms with van der Waals surface area (Å²) in [6.07, 6.45) is 11.2. The van der Waals surface area contributed by atoms with E-state index in [1.807, 2.05) is 29.5 Å². The zero-order chi connectivity index (χ0) is 14.7. The van der Waals surface area contributed by atoms with E-state index in [2.05, 4.69) is 34.2 Å². The monoisotopic (exact) mass is 285 g/mol. The Hall–Kier alpha value is -1.75. The van der Waals surface area contributed by atoms with Gasteiger partial charge in [0.15, 0.2) is 0 Å². The number of hydrogen-bond donors (Lipinski definition) is 1. The molecule has 112 valence electrons. The van der Waals surface area contributed by atoms with Crippen molar-refractivity contribution >= 4 is 0 Å². The lowest BCUT2D eigenvalue weighted by Crippen LogP contribution is -2.28. The summed E-state index contributed by atoms with van der Waals surface area (Å²) in [6, 6.07) is 0.367. The number of aromatic nitrogens is 4. The molecule has 0 bridgehead atoms. The van der Waals surface area contributed by atoms with Crippen molar-refractivity contribution in [3.05, 3.63) is 30.5 Å². The Kier molecular flexibility index (Phi) is 4.29. The van der Waals surface area contributed by atoms with E-state index in [1.165, 1.54) is 12.8 Å². The summed E-state index contributed by atoms with van der Waals surface area (Å²) in [5, 5.41) is 7.75. The van der Waals surface area contributed by atoms with Crippen molar-refractivity contribution in [1.82, 2.24) is 25.1 Å². The van der Waals surface area contributed by atoms with Crippen molar-refractivity contribution in [3.63, 3.8) is 0 Å². The number of piperidine rings is 1. The van der Waals surface area contributed by atoms with Gasteiger partial charge in [0.1, 0.15) is 0 Å². The molecule has 1 aliphatic heterocycles. The highest BCUT2D eigenvalue weighted by atomic mass is 15.3. The number of nitrogens with one attached hydrogen (secondary N) is 1. The van der Waals surface area contributed by atoms with Crippen LogP contribution in [0.25, 0.3) is 11.3 Å². The fraction of sp³-hybridized carbons (Fsp3) is 0.562. The van der Waals surface area contributed by atoms with Crippen LogP contribution < -0.4 is 5.32 Å². The number of hydrogen-bond acceptors (Lipinski definition) is 4. The van der Waals surface area contributed by atoms with Crippen LogP contribution in [0.3, 0.4) is 0 Å². The van der Waals surface area contributed by atoms with E-state index in [0.717, 1.165) is 42.4 Å². The Labute approximate surface area is 125 Å². The highest BCUT2D eigenvalue weighted by Gasteiger charge is 2.14. The van der Waals surface area contributed by atoms with Gasteiger partial charge in [-0.1, -0.05) is 0 Å². The molecule has 3 heterocycles. The third-order valence-corrected chi connectivity index (χ3v) is 4.09. The van der Waals surface area contributed by atoms with Crippen LogP contribution in [0.5, 0.6) is 0 Å². The summed E-state index contributed by atoms with van der Waals surface area (Å²) in [5.74, 6) is 0.745. The third kappa shape index (κ3) is 3.47. The zero-order valence-corrected chi connectivity index (χ0v) is 12.8. The largest absolute Gasteiger partial charge is 0.317 e. The summed E-state index contributed by atoms with van der Waals surface area (Å²) in [7, 11) is 0. The summed E-state index contributed by atoms with van der Waals surface area (Å²) in [6.45, 7) is 6.49. The minimum atomic E-state index is 0.367. The van der Waals surface area contributed by atoms with Crippen molar-refractivity contribution in [2.45, 2.75) is 39.2 Å². The average Bonchev–Trinajstić information content (AvgIpc) is 2.99. The maximum atomic E-state index is 4.58. The molecule has 0 aliphatic carbocycles. The van der Waals surface area contributed by atoms with Gasteiger partial charge in [-0.2, -0.15) is 5.10 Å². The quantitative estimate of drug-likeness (QED) is 0.937. The van der Waals surface area contributed by atoms with E-state index in [1.54, 1.807) is 0 Å². The van der Waals surface area contributed by atoms with Crippen molar-refractivity contribution in [1.29, 1.82) is 0 Å². The van der Waals surface area contributed by atoms with Gasteiger partial charge >= 0.3 is 0 Å². The lowest BCUT2D eigenvalue weighted by Gasteiger charge is -2.21. The molecular formula is C16H23N5. The van der Waals surface area contributed by atoms with Crippen molar-refractivity contribution < 1.29 is 0 Å². The molecule has 1 N–H and O–H groups in total. The molecule has 1 fully saturated rings. The molecule has 2 aromatic heterocycles. The molecule has 0 saturated carbocycles. The van der Waals surface area contributed by atoms with Gasteiger partial charge in [-0.05, 0) is 52.1 Å². The smallest absolute Gasteiger partial charge is 0.0916 e. The SMILES string of the molecule is CC(C)n1cc(-c2cnc(CC3CCNCC3)cn2)cn1. The lowest BCUT2D eigenvalue weighted by molar-refractivity contribution is 0.370. The standard InChI is InChI=1S/C16H23N5/c1-12(2)21-11-14(8-20-21)16-10-18-15(9-19-16)7-13-3-5-17-6-4-13/h8-13,17H,3-7H2,1-2H3. The Bertz CT molecular complexity index is 567. The fourth-order valence-corrected chi connectivity index (χ4v) is 2.74. The van der Waals surface area contributed by atoms with Crippen molar-refractivity contribution in [3.8, 4) is 11.3 Å². The van der Waals surface area contributed by atoms with E-state index in [-0.39, 0.29) is 0 Å². The van der Waals surface area contributed by atoms with Crippen LogP contribution in [0.4, 0.5) is 0 Å². The first kappa shape index (κ1) is 14.2. The number of rotatable bonds is 4. The second kappa shape index (κ2) is 6.35. The third-order valence-electron chi connectivity index (χ3n) is 4.09. The molecule has 1 aliphatic rings. The Balaban J connectivity index is 1.68. The maximum Gasteiger partial charge on any atom is 0.0916 e. The van der Waals surface area contributed by atoms with Gasteiger partial charge in [-0.25, -0.2) is 0 Å². The number of nitrogens with zero attached hydrogens (tertiary/aromatic N) is 4. The Morgan fingerprint density at radius 2 is 2.00 bits per heavy atom. The first-order valence-corrected chi connectivity index (χ1v) is 7.78. The van der Waals surface area contributed by atoms with E-state index >= 15 is 0 Å². The van der Waals surface area contributed by atoms with Crippen LogP contribution in [-0.2, 0) is 6.42 Å². The molecular weight excluding hydrogens is 262 g/mol. The van der Waals surface area contributed by atoms with Crippen LogP contribution in [0.1, 0.15) is 38.4 Å². The molecule has 0 atom stereocenters. The second-order valence-corrected chi connectivity index (χ2v) is 6.09. The zero-order valence-electron chi connectivity index (χ0n) is 12.8. The molecule has 0 radical (unpaired) electrons. The topological polar surface area (TPSA) is 55.6 Å². The average molecular weight is 285 g/mol. The van der Waals surface area contributed by atoms with Gasteiger partial charge < -0.3 is 5.32 Å². The van der Waals surface area contributed by atoms with E-state index < -0.39 is 0 Å².